The highest BCUT2D eigenvalue weighted by Crippen LogP contribution is 2.23. The molecular weight excluding hydrogens is 482 g/mol. The molecule has 9 nitrogen and oxygen atoms in total. The Hall–Kier alpha value is -3.27. The minimum absolute atomic E-state index is 0.131. The fraction of sp³-hybridized carbons (Fsp3) is 0.462. The number of carbonyl (C=O) groups is 2. The summed E-state index contributed by atoms with van der Waals surface area (Å²) in [5.74, 6) is 0.473. The molecule has 0 aliphatic heterocycles. The van der Waals surface area contributed by atoms with Crippen LogP contribution in [-0.2, 0) is 26.2 Å². The van der Waals surface area contributed by atoms with Gasteiger partial charge in [-0.25, -0.2) is 8.42 Å². The van der Waals surface area contributed by atoms with Gasteiger partial charge in [0.25, 0.3) is 0 Å². The number of sulfonamides is 1. The maximum atomic E-state index is 13.5. The molecule has 1 N–H and O–H groups in total. The van der Waals surface area contributed by atoms with Crippen LogP contribution in [0.2, 0.25) is 0 Å². The van der Waals surface area contributed by atoms with E-state index < -0.39 is 28.5 Å². The van der Waals surface area contributed by atoms with E-state index in [0.717, 1.165) is 29.0 Å². The number of hydrogen-bond acceptors (Lipinski definition) is 6. The average molecular weight is 520 g/mol. The maximum Gasteiger partial charge on any atom is 0.244 e. The zero-order valence-electron chi connectivity index (χ0n) is 21.7. The van der Waals surface area contributed by atoms with E-state index in [-0.39, 0.29) is 12.5 Å². The van der Waals surface area contributed by atoms with Crippen LogP contribution in [0.1, 0.15) is 39.2 Å². The van der Waals surface area contributed by atoms with Crippen molar-refractivity contribution in [1.82, 2.24) is 10.2 Å². The first-order valence-corrected chi connectivity index (χ1v) is 13.9. The molecule has 198 valence electrons. The van der Waals surface area contributed by atoms with E-state index in [1.165, 1.54) is 4.90 Å². The number of methoxy groups -OCH3 is 1. The molecule has 2 aromatic carbocycles. The van der Waals surface area contributed by atoms with Crippen LogP contribution >= 0.6 is 0 Å². The van der Waals surface area contributed by atoms with E-state index in [9.17, 15) is 18.0 Å². The van der Waals surface area contributed by atoms with Crippen molar-refractivity contribution in [2.45, 2.75) is 46.2 Å². The Labute approximate surface area is 214 Å². The van der Waals surface area contributed by atoms with Crippen molar-refractivity contribution in [3.05, 3.63) is 54.1 Å². The summed E-state index contributed by atoms with van der Waals surface area (Å²) in [4.78, 5) is 27.8. The van der Waals surface area contributed by atoms with Crippen LogP contribution in [0.3, 0.4) is 0 Å². The molecule has 2 amide bonds. The van der Waals surface area contributed by atoms with Gasteiger partial charge in [0.1, 0.15) is 24.1 Å². The van der Waals surface area contributed by atoms with Gasteiger partial charge in [-0.15, -0.1) is 0 Å². The number of rotatable bonds is 14. The van der Waals surface area contributed by atoms with Gasteiger partial charge < -0.3 is 19.7 Å². The molecule has 0 aromatic heterocycles. The highest BCUT2D eigenvalue weighted by molar-refractivity contribution is 7.92. The molecule has 0 spiro atoms. The minimum atomic E-state index is -3.79. The molecule has 0 saturated carbocycles. The van der Waals surface area contributed by atoms with Crippen LogP contribution < -0.4 is 19.1 Å². The van der Waals surface area contributed by atoms with Gasteiger partial charge in [0.05, 0.1) is 25.7 Å². The molecule has 0 aliphatic carbocycles. The summed E-state index contributed by atoms with van der Waals surface area (Å²) in [6.07, 6.45) is 2.80. The number of anilines is 1. The van der Waals surface area contributed by atoms with Gasteiger partial charge in [-0.05, 0) is 62.2 Å². The third-order valence-electron chi connectivity index (χ3n) is 5.62. The summed E-state index contributed by atoms with van der Waals surface area (Å²) in [5.41, 5.74) is 1.11. The number of unbranched alkanes of at least 4 members (excludes halogenated alkanes) is 1. The summed E-state index contributed by atoms with van der Waals surface area (Å²) >= 11 is 0. The van der Waals surface area contributed by atoms with E-state index in [1.54, 1.807) is 50.4 Å². The van der Waals surface area contributed by atoms with Gasteiger partial charge in [0.15, 0.2) is 0 Å². The van der Waals surface area contributed by atoms with Crippen LogP contribution in [-0.4, -0.2) is 64.2 Å². The van der Waals surface area contributed by atoms with Crippen LogP contribution in [0.25, 0.3) is 0 Å². The number of ether oxygens (including phenoxy) is 2. The average Bonchev–Trinajstić information content (AvgIpc) is 2.86. The predicted molar refractivity (Wildman–Crippen MR) is 141 cm³/mol. The first-order chi connectivity index (χ1) is 17.1. The first kappa shape index (κ1) is 29.0. The molecule has 0 saturated heterocycles. The zero-order chi connectivity index (χ0) is 26.7. The third kappa shape index (κ3) is 8.44. The molecule has 2 rings (SSSR count). The molecule has 0 fully saturated rings. The Morgan fingerprint density at radius 3 is 2.14 bits per heavy atom. The topological polar surface area (TPSA) is 105 Å². The summed E-state index contributed by atoms with van der Waals surface area (Å²) < 4.78 is 36.9. The third-order valence-corrected chi connectivity index (χ3v) is 6.76. The largest absolute Gasteiger partial charge is 0.497 e. The molecule has 1 atom stereocenters. The number of hydrogen-bond donors (Lipinski definition) is 1. The first-order valence-electron chi connectivity index (χ1n) is 12.0. The molecule has 36 heavy (non-hydrogen) atoms. The van der Waals surface area contributed by atoms with Gasteiger partial charge in [0.2, 0.25) is 21.8 Å². The van der Waals surface area contributed by atoms with Gasteiger partial charge in [0, 0.05) is 13.1 Å². The second-order valence-corrected chi connectivity index (χ2v) is 10.3. The summed E-state index contributed by atoms with van der Waals surface area (Å²) in [7, 11) is -2.23. The van der Waals surface area contributed by atoms with Crippen molar-refractivity contribution in [2.75, 3.05) is 37.4 Å². The highest BCUT2D eigenvalue weighted by atomic mass is 32.2. The lowest BCUT2D eigenvalue weighted by Gasteiger charge is -2.31. The Bertz CT molecular complexity index is 1090. The van der Waals surface area contributed by atoms with E-state index in [1.807, 2.05) is 26.0 Å². The lowest BCUT2D eigenvalue weighted by Crippen LogP contribution is -2.51. The molecule has 10 heteroatoms. The summed E-state index contributed by atoms with van der Waals surface area (Å²) in [6, 6.07) is 12.8. The lowest BCUT2D eigenvalue weighted by molar-refractivity contribution is -0.139. The van der Waals surface area contributed by atoms with Crippen molar-refractivity contribution in [3.8, 4) is 11.5 Å². The molecule has 0 radical (unpaired) electrons. The number of carbonyl (C=O) groups excluding carboxylic acids is 2. The van der Waals surface area contributed by atoms with Gasteiger partial charge in [-0.2, -0.15) is 0 Å². The lowest BCUT2D eigenvalue weighted by atomic mass is 10.1. The van der Waals surface area contributed by atoms with Gasteiger partial charge >= 0.3 is 0 Å². The quantitative estimate of drug-likeness (QED) is 0.385. The second-order valence-electron chi connectivity index (χ2n) is 8.39. The van der Waals surface area contributed by atoms with Crippen LogP contribution in [0.4, 0.5) is 5.69 Å². The minimum Gasteiger partial charge on any atom is -0.497 e. The normalized spacial score (nSPS) is 11.9. The van der Waals surface area contributed by atoms with Crippen LogP contribution in [0.5, 0.6) is 11.5 Å². The van der Waals surface area contributed by atoms with Crippen molar-refractivity contribution < 1.29 is 27.5 Å². The van der Waals surface area contributed by atoms with E-state index >= 15 is 0 Å². The number of nitrogens with zero attached hydrogens (tertiary/aromatic N) is 2. The Morgan fingerprint density at radius 2 is 1.61 bits per heavy atom. The van der Waals surface area contributed by atoms with Crippen LogP contribution in [0.15, 0.2) is 48.5 Å². The van der Waals surface area contributed by atoms with Crippen molar-refractivity contribution in [3.63, 3.8) is 0 Å². The number of amides is 2. The van der Waals surface area contributed by atoms with E-state index in [4.69, 9.17) is 9.47 Å². The summed E-state index contributed by atoms with van der Waals surface area (Å²) in [5, 5.41) is 2.86. The van der Waals surface area contributed by atoms with Crippen LogP contribution in [0, 0.1) is 0 Å². The Morgan fingerprint density at radius 1 is 1.00 bits per heavy atom. The van der Waals surface area contributed by atoms with Gasteiger partial charge in [-0.1, -0.05) is 25.5 Å². The van der Waals surface area contributed by atoms with Crippen molar-refractivity contribution in [2.24, 2.45) is 0 Å². The fourth-order valence-corrected chi connectivity index (χ4v) is 4.38. The molecule has 1 unspecified atom stereocenters. The Kier molecular flexibility index (Phi) is 11.0. The molecule has 2 aromatic rings. The Balaban J connectivity index is 2.32. The van der Waals surface area contributed by atoms with Crippen molar-refractivity contribution in [1.29, 1.82) is 0 Å². The fourth-order valence-electron chi connectivity index (χ4n) is 3.54. The predicted octanol–water partition coefficient (Wildman–Crippen LogP) is 3.19. The second kappa shape index (κ2) is 13.7. The monoisotopic (exact) mass is 519 g/mol. The maximum absolute atomic E-state index is 13.5. The molecule has 0 heterocycles. The van der Waals surface area contributed by atoms with Gasteiger partial charge in [-0.3, -0.25) is 13.9 Å². The molecule has 0 bridgehead atoms. The summed E-state index contributed by atoms with van der Waals surface area (Å²) in [6.45, 7) is 6.19. The van der Waals surface area contributed by atoms with E-state index in [0.29, 0.717) is 30.3 Å². The standard InChI is InChI=1S/C26H37N3O6S/c1-6-8-17-27-26(31)20(3)28(18-21-9-13-23(34-4)14-10-21)25(30)19-29(36(5,32)33)22-11-15-24(16-12-22)35-7-2/h9-16,20H,6-8,17-19H2,1-5H3,(H,27,31). The SMILES string of the molecule is CCCCNC(=O)C(C)N(Cc1ccc(OC)cc1)C(=O)CN(c1ccc(OCC)cc1)S(C)(=O)=O. The highest BCUT2D eigenvalue weighted by Gasteiger charge is 2.30. The zero-order valence-corrected chi connectivity index (χ0v) is 22.5. The number of benzene rings is 2. The molecule has 0 aliphatic rings. The van der Waals surface area contributed by atoms with E-state index in [2.05, 4.69) is 5.32 Å². The van der Waals surface area contributed by atoms with Crippen molar-refractivity contribution >= 4 is 27.5 Å². The molecular formula is C26H37N3O6S. The smallest absolute Gasteiger partial charge is 0.244 e. The number of nitrogens with one attached hydrogen (secondary N) is 1.